The Hall–Kier alpha value is -2.18. The van der Waals surface area contributed by atoms with Crippen molar-refractivity contribution in [2.45, 2.75) is 24.3 Å². The van der Waals surface area contributed by atoms with Gasteiger partial charge in [-0.1, -0.05) is 29.3 Å². The van der Waals surface area contributed by atoms with Crippen LogP contribution < -0.4 is 5.32 Å². The van der Waals surface area contributed by atoms with Crippen LogP contribution in [0.3, 0.4) is 0 Å². The second kappa shape index (κ2) is 9.31. The third-order valence-corrected chi connectivity index (χ3v) is 7.25. The van der Waals surface area contributed by atoms with Gasteiger partial charge in [0.25, 0.3) is 0 Å². The molecule has 0 atom stereocenters. The average Bonchev–Trinajstić information content (AvgIpc) is 2.72. The molecular weight excluding hydrogens is 452 g/mol. The molecule has 2 aromatic rings. The van der Waals surface area contributed by atoms with Crippen molar-refractivity contribution in [1.82, 2.24) is 9.62 Å². The minimum atomic E-state index is -3.77. The van der Waals surface area contributed by atoms with Crippen LogP contribution in [0, 0.1) is 23.1 Å². The van der Waals surface area contributed by atoms with E-state index in [4.69, 9.17) is 28.5 Å². The molecule has 1 aliphatic heterocycles. The quantitative estimate of drug-likeness (QED) is 0.722. The number of hydrogen-bond acceptors (Lipinski definition) is 4. The molecule has 30 heavy (non-hydrogen) atoms. The first-order valence-corrected chi connectivity index (χ1v) is 11.3. The molecule has 1 aliphatic rings. The number of nitrogens with one attached hydrogen (secondary N) is 1. The number of rotatable bonds is 5. The van der Waals surface area contributed by atoms with E-state index in [9.17, 15) is 17.6 Å². The van der Waals surface area contributed by atoms with E-state index in [0.717, 1.165) is 6.07 Å². The number of amides is 1. The molecule has 6 nitrogen and oxygen atoms in total. The number of nitriles is 1. The van der Waals surface area contributed by atoms with Crippen molar-refractivity contribution in [2.75, 3.05) is 13.1 Å². The van der Waals surface area contributed by atoms with Crippen molar-refractivity contribution in [2.24, 2.45) is 5.92 Å². The normalized spacial score (nSPS) is 15.5. The maximum Gasteiger partial charge on any atom is 0.243 e. The molecule has 1 saturated heterocycles. The number of sulfonamides is 1. The van der Waals surface area contributed by atoms with Crippen LogP contribution in [0.5, 0.6) is 0 Å². The molecule has 0 radical (unpaired) electrons. The average molecular weight is 470 g/mol. The Bertz CT molecular complexity index is 1090. The lowest BCUT2D eigenvalue weighted by molar-refractivity contribution is -0.126. The van der Waals surface area contributed by atoms with Gasteiger partial charge in [0.2, 0.25) is 15.9 Å². The molecule has 0 saturated carbocycles. The summed E-state index contributed by atoms with van der Waals surface area (Å²) in [6.45, 7) is 0.349. The Balaban J connectivity index is 1.58. The molecule has 1 amide bonds. The number of carbonyl (C=O) groups is 1. The fourth-order valence-corrected chi connectivity index (χ4v) is 5.47. The van der Waals surface area contributed by atoms with Gasteiger partial charge in [-0.2, -0.15) is 9.57 Å². The molecule has 10 heteroatoms. The zero-order valence-corrected chi connectivity index (χ0v) is 18.1. The SMILES string of the molecule is N#Cc1ccc(CNC(=O)C2CCN(S(=O)(=O)c3cc(Cl)cc(Cl)c3)CC2)c(F)c1. The molecule has 0 unspecified atom stereocenters. The smallest absolute Gasteiger partial charge is 0.243 e. The molecule has 1 heterocycles. The van der Waals surface area contributed by atoms with Crippen molar-refractivity contribution in [1.29, 1.82) is 5.26 Å². The topological polar surface area (TPSA) is 90.3 Å². The zero-order chi connectivity index (χ0) is 21.9. The Kier molecular flexibility index (Phi) is 6.98. The summed E-state index contributed by atoms with van der Waals surface area (Å²) in [5.74, 6) is -1.20. The van der Waals surface area contributed by atoms with Gasteiger partial charge < -0.3 is 5.32 Å². The first-order chi connectivity index (χ1) is 14.2. The van der Waals surface area contributed by atoms with Gasteiger partial charge >= 0.3 is 0 Å². The molecule has 0 aliphatic carbocycles. The van der Waals surface area contributed by atoms with Gasteiger partial charge in [-0.05, 0) is 43.2 Å². The van der Waals surface area contributed by atoms with Crippen LogP contribution in [-0.4, -0.2) is 31.7 Å². The van der Waals surface area contributed by atoms with Crippen LogP contribution in [0.1, 0.15) is 24.0 Å². The summed E-state index contributed by atoms with van der Waals surface area (Å²) >= 11 is 11.8. The highest BCUT2D eigenvalue weighted by Crippen LogP contribution is 2.28. The van der Waals surface area contributed by atoms with Crippen LogP contribution in [0.15, 0.2) is 41.3 Å². The lowest BCUT2D eigenvalue weighted by atomic mass is 9.97. The first-order valence-electron chi connectivity index (χ1n) is 9.13. The van der Waals surface area contributed by atoms with Crippen molar-refractivity contribution in [3.63, 3.8) is 0 Å². The molecule has 0 bridgehead atoms. The maximum atomic E-state index is 13.9. The van der Waals surface area contributed by atoms with Crippen LogP contribution in [0.2, 0.25) is 10.0 Å². The highest BCUT2D eigenvalue weighted by Gasteiger charge is 2.32. The zero-order valence-electron chi connectivity index (χ0n) is 15.7. The van der Waals surface area contributed by atoms with E-state index in [1.807, 2.05) is 6.07 Å². The highest BCUT2D eigenvalue weighted by atomic mass is 35.5. The number of piperidine rings is 1. The third kappa shape index (κ3) is 5.10. The molecule has 1 fully saturated rings. The van der Waals surface area contributed by atoms with Gasteiger partial charge in [0, 0.05) is 41.2 Å². The van der Waals surface area contributed by atoms with Crippen LogP contribution in [0.25, 0.3) is 0 Å². The van der Waals surface area contributed by atoms with E-state index >= 15 is 0 Å². The first kappa shape index (κ1) is 22.5. The van der Waals surface area contributed by atoms with E-state index in [1.165, 1.54) is 34.6 Å². The van der Waals surface area contributed by atoms with E-state index in [1.54, 1.807) is 0 Å². The molecule has 1 N–H and O–H groups in total. The van der Waals surface area contributed by atoms with Gasteiger partial charge in [-0.15, -0.1) is 0 Å². The Morgan fingerprint density at radius 1 is 1.17 bits per heavy atom. The number of halogens is 3. The third-order valence-electron chi connectivity index (χ3n) is 4.93. The number of benzene rings is 2. The lowest BCUT2D eigenvalue weighted by Crippen LogP contribution is -2.42. The molecule has 0 aromatic heterocycles. The minimum absolute atomic E-state index is 0.00407. The van der Waals surface area contributed by atoms with Gasteiger partial charge in [0.1, 0.15) is 5.82 Å². The van der Waals surface area contributed by atoms with Gasteiger partial charge in [-0.3, -0.25) is 4.79 Å². The van der Waals surface area contributed by atoms with Crippen LogP contribution in [0.4, 0.5) is 4.39 Å². The van der Waals surface area contributed by atoms with Crippen molar-refractivity contribution < 1.29 is 17.6 Å². The number of carbonyl (C=O) groups excluding carboxylic acids is 1. The summed E-state index contributed by atoms with van der Waals surface area (Å²) in [7, 11) is -3.77. The molecular formula is C20H18Cl2FN3O3S. The summed E-state index contributed by atoms with van der Waals surface area (Å²) in [5, 5.41) is 11.9. The molecule has 2 aromatic carbocycles. The molecule has 3 rings (SSSR count). The van der Waals surface area contributed by atoms with Crippen molar-refractivity contribution in [3.05, 3.63) is 63.4 Å². The molecule has 0 spiro atoms. The summed E-state index contributed by atoms with van der Waals surface area (Å²) < 4.78 is 40.9. The Morgan fingerprint density at radius 3 is 2.37 bits per heavy atom. The summed E-state index contributed by atoms with van der Waals surface area (Å²) in [4.78, 5) is 12.4. The Morgan fingerprint density at radius 2 is 1.80 bits per heavy atom. The van der Waals surface area contributed by atoms with E-state index < -0.39 is 15.8 Å². The van der Waals surface area contributed by atoms with Gasteiger partial charge in [0.05, 0.1) is 16.5 Å². The highest BCUT2D eigenvalue weighted by molar-refractivity contribution is 7.89. The van der Waals surface area contributed by atoms with Crippen molar-refractivity contribution >= 4 is 39.1 Å². The number of nitrogens with zero attached hydrogens (tertiary/aromatic N) is 2. The van der Waals surface area contributed by atoms with Crippen LogP contribution in [-0.2, 0) is 21.4 Å². The van der Waals surface area contributed by atoms with E-state index in [-0.39, 0.29) is 57.5 Å². The monoisotopic (exact) mass is 469 g/mol. The van der Waals surface area contributed by atoms with Gasteiger partial charge in [0.15, 0.2) is 0 Å². The van der Waals surface area contributed by atoms with Gasteiger partial charge in [-0.25, -0.2) is 12.8 Å². The summed E-state index contributed by atoms with van der Waals surface area (Å²) in [6, 6.07) is 10.0. The standard InChI is InChI=1S/C20H18Cl2FN3O3S/c21-16-8-17(22)10-18(9-16)30(28,29)26-5-3-14(4-6-26)20(27)25-12-15-2-1-13(11-24)7-19(15)23/h1-2,7-10,14H,3-6,12H2,(H,25,27). The largest absolute Gasteiger partial charge is 0.352 e. The maximum absolute atomic E-state index is 13.9. The summed E-state index contributed by atoms with van der Waals surface area (Å²) in [5.41, 5.74) is 0.484. The number of hydrogen-bond donors (Lipinski definition) is 1. The minimum Gasteiger partial charge on any atom is -0.352 e. The predicted octanol–water partition coefficient (Wildman–Crippen LogP) is 3.72. The van der Waals surface area contributed by atoms with E-state index in [2.05, 4.69) is 5.32 Å². The Labute approximate surface area is 184 Å². The van der Waals surface area contributed by atoms with Crippen LogP contribution >= 0.6 is 23.2 Å². The van der Waals surface area contributed by atoms with Crippen molar-refractivity contribution in [3.8, 4) is 6.07 Å². The fraction of sp³-hybridized carbons (Fsp3) is 0.300. The second-order valence-electron chi connectivity index (χ2n) is 6.92. The van der Waals surface area contributed by atoms with E-state index in [0.29, 0.717) is 12.8 Å². The second-order valence-corrected chi connectivity index (χ2v) is 9.73. The molecule has 158 valence electrons. The fourth-order valence-electron chi connectivity index (χ4n) is 3.27. The predicted molar refractivity (Wildman–Crippen MR) is 111 cm³/mol. The summed E-state index contributed by atoms with van der Waals surface area (Å²) in [6.07, 6.45) is 0.685. The lowest BCUT2D eigenvalue weighted by Gasteiger charge is -2.30.